The van der Waals surface area contributed by atoms with E-state index in [0.29, 0.717) is 12.8 Å². The highest BCUT2D eigenvalue weighted by molar-refractivity contribution is 9.12. The topological polar surface area (TPSA) is 110 Å². The van der Waals surface area contributed by atoms with Gasteiger partial charge in [-0.05, 0) is 25.0 Å². The summed E-state index contributed by atoms with van der Waals surface area (Å²) in [6.45, 7) is 0. The van der Waals surface area contributed by atoms with Crippen LogP contribution in [0, 0.1) is 22.0 Å². The number of hydrogen-bond acceptors (Lipinski definition) is 5. The van der Waals surface area contributed by atoms with Crippen molar-refractivity contribution >= 4 is 55.3 Å². The Hall–Kier alpha value is -1.81. The number of amides is 3. The first-order valence-corrected chi connectivity index (χ1v) is 9.34. The van der Waals surface area contributed by atoms with E-state index in [4.69, 9.17) is 0 Å². The molecule has 1 heterocycles. The number of hydrogen-bond donors (Lipinski definition) is 1. The number of hydrazine groups is 1. The second-order valence-electron chi connectivity index (χ2n) is 5.97. The Morgan fingerprint density at radius 1 is 1.08 bits per heavy atom. The molecule has 4 atom stereocenters. The molecule has 3 amide bonds. The molecule has 1 aliphatic carbocycles. The molecule has 8 nitrogen and oxygen atoms in total. The Kier molecular flexibility index (Phi) is 4.92. The van der Waals surface area contributed by atoms with Crippen LogP contribution in [0.5, 0.6) is 0 Å². The molecule has 2 fully saturated rings. The third-order valence-corrected chi connectivity index (χ3v) is 7.20. The maximum absolute atomic E-state index is 12.5. The largest absolute Gasteiger partial charge is 0.272 e. The summed E-state index contributed by atoms with van der Waals surface area (Å²) in [5.41, 5.74) is 2.30. The van der Waals surface area contributed by atoms with E-state index in [1.54, 1.807) is 0 Å². The molecule has 132 valence electrons. The SMILES string of the molecule is O=C(NN1C(=O)[C@@H]2C[C@H](Br)[C@@H](Br)C[C@H]2C1=O)c1ccc([N+](=O)[O-])cc1. The van der Waals surface area contributed by atoms with Crippen molar-refractivity contribution in [3.8, 4) is 0 Å². The molecular formula is C15H13Br2N3O5. The van der Waals surface area contributed by atoms with E-state index in [1.165, 1.54) is 24.3 Å². The van der Waals surface area contributed by atoms with Gasteiger partial charge < -0.3 is 0 Å². The van der Waals surface area contributed by atoms with Crippen molar-refractivity contribution in [2.24, 2.45) is 11.8 Å². The minimum Gasteiger partial charge on any atom is -0.272 e. The van der Waals surface area contributed by atoms with Gasteiger partial charge in [0.2, 0.25) is 0 Å². The number of fused-ring (bicyclic) bond motifs is 1. The van der Waals surface area contributed by atoms with Crippen molar-refractivity contribution < 1.29 is 19.3 Å². The monoisotopic (exact) mass is 473 g/mol. The summed E-state index contributed by atoms with van der Waals surface area (Å²) >= 11 is 6.98. The third-order valence-electron chi connectivity index (χ3n) is 4.47. The zero-order valence-electron chi connectivity index (χ0n) is 12.7. The lowest BCUT2D eigenvalue weighted by molar-refractivity contribution is -0.384. The predicted molar refractivity (Wildman–Crippen MR) is 94.1 cm³/mol. The molecule has 0 radical (unpaired) electrons. The van der Waals surface area contributed by atoms with Crippen molar-refractivity contribution in [2.75, 3.05) is 0 Å². The van der Waals surface area contributed by atoms with Crippen LogP contribution < -0.4 is 5.43 Å². The maximum atomic E-state index is 12.5. The van der Waals surface area contributed by atoms with Crippen molar-refractivity contribution in [1.29, 1.82) is 0 Å². The van der Waals surface area contributed by atoms with Crippen LogP contribution in [0.2, 0.25) is 0 Å². The van der Waals surface area contributed by atoms with Crippen LogP contribution in [-0.4, -0.2) is 37.3 Å². The van der Waals surface area contributed by atoms with Gasteiger partial charge in [-0.15, -0.1) is 0 Å². The molecule has 1 saturated carbocycles. The Morgan fingerprint density at radius 2 is 1.56 bits per heavy atom. The van der Waals surface area contributed by atoms with Gasteiger partial charge in [0.1, 0.15) is 0 Å². The molecule has 25 heavy (non-hydrogen) atoms. The number of carbonyl (C=O) groups is 3. The average molecular weight is 475 g/mol. The Morgan fingerprint density at radius 3 is 2.00 bits per heavy atom. The van der Waals surface area contributed by atoms with Crippen LogP contribution >= 0.6 is 31.9 Å². The fraction of sp³-hybridized carbons (Fsp3) is 0.400. The number of nitro groups is 1. The number of rotatable bonds is 3. The molecule has 0 bridgehead atoms. The molecule has 0 spiro atoms. The highest BCUT2D eigenvalue weighted by Gasteiger charge is 2.52. The summed E-state index contributed by atoms with van der Waals surface area (Å²) in [4.78, 5) is 47.4. The summed E-state index contributed by atoms with van der Waals surface area (Å²) in [7, 11) is 0. The highest BCUT2D eigenvalue weighted by atomic mass is 79.9. The molecule has 1 aromatic carbocycles. The van der Waals surface area contributed by atoms with E-state index in [1.807, 2.05) is 0 Å². The molecule has 1 saturated heterocycles. The standard InChI is InChI=1S/C15H13Br2N3O5/c16-11-5-9-10(6-12(11)17)15(23)19(14(9)22)18-13(21)7-1-3-8(4-2-7)20(24)25/h1-4,9-12H,5-6H2,(H,18,21)/t9-,10-,11+,12+/m1/s1. The van der Waals surface area contributed by atoms with E-state index >= 15 is 0 Å². The number of imide groups is 1. The molecule has 10 heteroatoms. The molecular weight excluding hydrogens is 462 g/mol. The fourth-order valence-corrected chi connectivity index (χ4v) is 4.34. The summed E-state index contributed by atoms with van der Waals surface area (Å²) in [6.07, 6.45) is 1.02. The lowest BCUT2D eigenvalue weighted by Gasteiger charge is -2.29. The van der Waals surface area contributed by atoms with E-state index in [-0.39, 0.29) is 20.9 Å². The van der Waals surface area contributed by atoms with Gasteiger partial charge in [0, 0.05) is 27.4 Å². The number of halogens is 2. The number of alkyl halides is 2. The van der Waals surface area contributed by atoms with Crippen molar-refractivity contribution in [1.82, 2.24) is 10.4 Å². The van der Waals surface area contributed by atoms with Gasteiger partial charge in [-0.3, -0.25) is 29.9 Å². The van der Waals surface area contributed by atoms with Crippen molar-refractivity contribution in [3.63, 3.8) is 0 Å². The zero-order valence-corrected chi connectivity index (χ0v) is 15.9. The highest BCUT2D eigenvalue weighted by Crippen LogP contribution is 2.42. The van der Waals surface area contributed by atoms with Gasteiger partial charge in [-0.2, -0.15) is 5.01 Å². The smallest absolute Gasteiger partial charge is 0.270 e. The zero-order chi connectivity index (χ0) is 18.3. The second kappa shape index (κ2) is 6.83. The Balaban J connectivity index is 1.74. The molecule has 0 unspecified atom stereocenters. The van der Waals surface area contributed by atoms with Gasteiger partial charge in [-0.1, -0.05) is 31.9 Å². The minimum absolute atomic E-state index is 0.0795. The molecule has 0 aromatic heterocycles. The lowest BCUT2D eigenvalue weighted by Crippen LogP contribution is -2.46. The fourth-order valence-electron chi connectivity index (χ4n) is 3.11. The summed E-state index contributed by atoms with van der Waals surface area (Å²) in [5.74, 6) is -2.42. The number of carbonyl (C=O) groups excluding carboxylic acids is 3. The molecule has 2 aliphatic rings. The van der Waals surface area contributed by atoms with Gasteiger partial charge in [0.25, 0.3) is 23.4 Å². The summed E-state index contributed by atoms with van der Waals surface area (Å²) in [5, 5.41) is 11.4. The third kappa shape index (κ3) is 3.32. The average Bonchev–Trinajstić information content (AvgIpc) is 2.80. The van der Waals surface area contributed by atoms with Crippen LogP contribution in [0.4, 0.5) is 5.69 Å². The lowest BCUT2D eigenvalue weighted by atomic mass is 9.81. The Labute approximate surface area is 159 Å². The van der Waals surface area contributed by atoms with Crippen molar-refractivity contribution in [3.05, 3.63) is 39.9 Å². The number of nitrogens with one attached hydrogen (secondary N) is 1. The molecule has 1 aromatic rings. The quantitative estimate of drug-likeness (QED) is 0.312. The number of non-ortho nitro benzene ring substituents is 1. The molecule has 1 aliphatic heterocycles. The van der Waals surface area contributed by atoms with Gasteiger partial charge in [0.05, 0.1) is 16.8 Å². The molecule has 1 N–H and O–H groups in total. The first kappa shape index (κ1) is 18.0. The van der Waals surface area contributed by atoms with Crippen molar-refractivity contribution in [2.45, 2.75) is 22.5 Å². The normalized spacial score (nSPS) is 28.6. The summed E-state index contributed by atoms with van der Waals surface area (Å²) in [6, 6.07) is 4.92. The van der Waals surface area contributed by atoms with Crippen LogP contribution in [0.3, 0.4) is 0 Å². The van der Waals surface area contributed by atoms with Crippen LogP contribution in [0.15, 0.2) is 24.3 Å². The van der Waals surface area contributed by atoms with Crippen LogP contribution in [0.1, 0.15) is 23.2 Å². The Bertz CT molecular complexity index is 726. The summed E-state index contributed by atoms with van der Waals surface area (Å²) < 4.78 is 0. The van der Waals surface area contributed by atoms with E-state index in [0.717, 1.165) is 5.01 Å². The van der Waals surface area contributed by atoms with Gasteiger partial charge in [-0.25, -0.2) is 0 Å². The van der Waals surface area contributed by atoms with Gasteiger partial charge >= 0.3 is 0 Å². The van der Waals surface area contributed by atoms with E-state index < -0.39 is 34.5 Å². The predicted octanol–water partition coefficient (Wildman–Crippen LogP) is 2.16. The number of benzene rings is 1. The number of nitro benzene ring substituents is 1. The number of nitrogens with zero attached hydrogens (tertiary/aromatic N) is 2. The first-order chi connectivity index (χ1) is 11.8. The second-order valence-corrected chi connectivity index (χ2v) is 8.33. The minimum atomic E-state index is -0.666. The maximum Gasteiger partial charge on any atom is 0.270 e. The van der Waals surface area contributed by atoms with Gasteiger partial charge in [0.15, 0.2) is 0 Å². The van der Waals surface area contributed by atoms with E-state index in [9.17, 15) is 24.5 Å². The van der Waals surface area contributed by atoms with Crippen LogP contribution in [0.25, 0.3) is 0 Å². The van der Waals surface area contributed by atoms with Crippen LogP contribution in [-0.2, 0) is 9.59 Å². The van der Waals surface area contributed by atoms with E-state index in [2.05, 4.69) is 37.3 Å². The molecule has 3 rings (SSSR count). The first-order valence-electron chi connectivity index (χ1n) is 7.51.